The highest BCUT2D eigenvalue weighted by Crippen LogP contribution is 2.26. The molecular weight excluding hydrogens is 200 g/mol. The predicted octanol–water partition coefficient (Wildman–Crippen LogP) is 2.79. The molecule has 0 radical (unpaired) electrons. The average Bonchev–Trinajstić information content (AvgIpc) is 2.20. The molecule has 0 aromatic heterocycles. The lowest BCUT2D eigenvalue weighted by Crippen LogP contribution is -1.93. The zero-order chi connectivity index (χ0) is 10.6. The SMILES string of the molecule is COc1cc(Cl)c(C)c(CCC=O)c1. The number of aryl methyl sites for hydroxylation is 1. The van der Waals surface area contributed by atoms with E-state index in [-0.39, 0.29) is 0 Å². The molecule has 0 heterocycles. The fourth-order valence-corrected chi connectivity index (χ4v) is 1.53. The molecule has 0 amide bonds. The van der Waals surface area contributed by atoms with E-state index >= 15 is 0 Å². The fourth-order valence-electron chi connectivity index (χ4n) is 1.30. The normalized spacial score (nSPS) is 9.93. The first-order valence-electron chi connectivity index (χ1n) is 4.45. The van der Waals surface area contributed by atoms with E-state index in [0.29, 0.717) is 17.9 Å². The molecule has 0 fully saturated rings. The molecule has 2 nitrogen and oxygen atoms in total. The van der Waals surface area contributed by atoms with Gasteiger partial charge < -0.3 is 9.53 Å². The Bertz CT molecular complexity index is 334. The highest BCUT2D eigenvalue weighted by molar-refractivity contribution is 6.31. The van der Waals surface area contributed by atoms with Crippen LogP contribution < -0.4 is 4.74 Å². The Kier molecular flexibility index (Phi) is 3.96. The minimum Gasteiger partial charge on any atom is -0.497 e. The van der Waals surface area contributed by atoms with E-state index in [0.717, 1.165) is 23.2 Å². The van der Waals surface area contributed by atoms with Gasteiger partial charge in [0, 0.05) is 11.4 Å². The molecule has 0 saturated carbocycles. The topological polar surface area (TPSA) is 26.3 Å². The molecule has 0 aliphatic heterocycles. The zero-order valence-electron chi connectivity index (χ0n) is 8.34. The van der Waals surface area contributed by atoms with Gasteiger partial charge in [-0.2, -0.15) is 0 Å². The standard InChI is InChI=1S/C11H13ClO2/c1-8-9(4-3-5-13)6-10(14-2)7-11(8)12/h5-7H,3-4H2,1-2H3. The molecule has 0 N–H and O–H groups in total. The number of aldehydes is 1. The Morgan fingerprint density at radius 2 is 2.21 bits per heavy atom. The number of carbonyl (C=O) groups excluding carboxylic acids is 1. The Morgan fingerprint density at radius 3 is 2.79 bits per heavy atom. The summed E-state index contributed by atoms with van der Waals surface area (Å²) in [5.74, 6) is 0.737. The van der Waals surface area contributed by atoms with Crippen LogP contribution in [0.4, 0.5) is 0 Å². The monoisotopic (exact) mass is 212 g/mol. The Balaban J connectivity index is 3.00. The van der Waals surface area contributed by atoms with Crippen molar-refractivity contribution in [2.24, 2.45) is 0 Å². The molecule has 0 atom stereocenters. The van der Waals surface area contributed by atoms with Crippen LogP contribution in [0.25, 0.3) is 0 Å². The number of hydrogen-bond acceptors (Lipinski definition) is 2. The van der Waals surface area contributed by atoms with Gasteiger partial charge in [-0.25, -0.2) is 0 Å². The summed E-state index contributed by atoms with van der Waals surface area (Å²) in [4.78, 5) is 10.3. The van der Waals surface area contributed by atoms with Crippen molar-refractivity contribution in [2.45, 2.75) is 19.8 Å². The number of methoxy groups -OCH3 is 1. The van der Waals surface area contributed by atoms with E-state index in [1.54, 1.807) is 13.2 Å². The molecule has 1 aromatic carbocycles. The smallest absolute Gasteiger partial charge is 0.120 e. The van der Waals surface area contributed by atoms with E-state index in [4.69, 9.17) is 16.3 Å². The molecule has 0 aliphatic rings. The molecule has 1 rings (SSSR count). The third kappa shape index (κ3) is 2.48. The van der Waals surface area contributed by atoms with Crippen LogP contribution in [0, 0.1) is 6.92 Å². The quantitative estimate of drug-likeness (QED) is 0.718. The van der Waals surface area contributed by atoms with Crippen LogP contribution in [0.15, 0.2) is 12.1 Å². The van der Waals surface area contributed by atoms with Crippen LogP contribution in [-0.2, 0) is 11.2 Å². The van der Waals surface area contributed by atoms with Gasteiger partial charge in [0.15, 0.2) is 0 Å². The maximum Gasteiger partial charge on any atom is 0.120 e. The van der Waals surface area contributed by atoms with Crippen molar-refractivity contribution in [3.8, 4) is 5.75 Å². The van der Waals surface area contributed by atoms with Crippen LogP contribution in [0.5, 0.6) is 5.75 Å². The van der Waals surface area contributed by atoms with Gasteiger partial charge in [-0.1, -0.05) is 11.6 Å². The second-order valence-corrected chi connectivity index (χ2v) is 3.51. The van der Waals surface area contributed by atoms with E-state index in [1.165, 1.54) is 0 Å². The number of rotatable bonds is 4. The van der Waals surface area contributed by atoms with Gasteiger partial charge in [0.1, 0.15) is 12.0 Å². The van der Waals surface area contributed by atoms with Gasteiger partial charge in [0.05, 0.1) is 7.11 Å². The van der Waals surface area contributed by atoms with Crippen molar-refractivity contribution in [1.29, 1.82) is 0 Å². The number of carbonyl (C=O) groups is 1. The Morgan fingerprint density at radius 1 is 1.50 bits per heavy atom. The van der Waals surface area contributed by atoms with Crippen molar-refractivity contribution >= 4 is 17.9 Å². The van der Waals surface area contributed by atoms with Gasteiger partial charge in [0.25, 0.3) is 0 Å². The predicted molar refractivity (Wildman–Crippen MR) is 57.1 cm³/mol. The lowest BCUT2D eigenvalue weighted by Gasteiger charge is -2.09. The Hall–Kier alpha value is -1.02. The first kappa shape index (κ1) is 11.1. The van der Waals surface area contributed by atoms with Crippen LogP contribution >= 0.6 is 11.6 Å². The summed E-state index contributed by atoms with van der Waals surface area (Å²) in [5.41, 5.74) is 2.09. The molecule has 0 spiro atoms. The summed E-state index contributed by atoms with van der Waals surface area (Å²) >= 11 is 6.01. The molecule has 0 saturated heterocycles. The van der Waals surface area contributed by atoms with E-state index in [9.17, 15) is 4.79 Å². The molecule has 0 bridgehead atoms. The molecule has 76 valence electrons. The highest BCUT2D eigenvalue weighted by atomic mass is 35.5. The minimum atomic E-state index is 0.518. The summed E-state index contributed by atoms with van der Waals surface area (Å²) in [7, 11) is 1.60. The summed E-state index contributed by atoms with van der Waals surface area (Å²) < 4.78 is 5.10. The molecule has 0 aliphatic carbocycles. The maximum absolute atomic E-state index is 10.3. The molecular formula is C11H13ClO2. The first-order valence-corrected chi connectivity index (χ1v) is 4.83. The average molecular weight is 213 g/mol. The summed E-state index contributed by atoms with van der Waals surface area (Å²) in [5, 5.41) is 0.685. The Labute approximate surface area is 88.8 Å². The summed E-state index contributed by atoms with van der Waals surface area (Å²) in [6.45, 7) is 1.95. The minimum absolute atomic E-state index is 0.518. The summed E-state index contributed by atoms with van der Waals surface area (Å²) in [6, 6.07) is 3.70. The molecule has 14 heavy (non-hydrogen) atoms. The van der Waals surface area contributed by atoms with E-state index in [1.807, 2.05) is 13.0 Å². The van der Waals surface area contributed by atoms with Crippen LogP contribution in [0.1, 0.15) is 17.5 Å². The number of halogens is 1. The van der Waals surface area contributed by atoms with Crippen LogP contribution in [0.3, 0.4) is 0 Å². The second kappa shape index (κ2) is 5.01. The molecule has 3 heteroatoms. The number of ether oxygens (including phenoxy) is 1. The largest absolute Gasteiger partial charge is 0.497 e. The van der Waals surface area contributed by atoms with Gasteiger partial charge in [-0.05, 0) is 36.6 Å². The van der Waals surface area contributed by atoms with Gasteiger partial charge in [-0.3, -0.25) is 0 Å². The lowest BCUT2D eigenvalue weighted by molar-refractivity contribution is -0.107. The van der Waals surface area contributed by atoms with Crippen molar-refractivity contribution in [3.63, 3.8) is 0 Å². The van der Waals surface area contributed by atoms with E-state index in [2.05, 4.69) is 0 Å². The van der Waals surface area contributed by atoms with E-state index < -0.39 is 0 Å². The van der Waals surface area contributed by atoms with Crippen LogP contribution in [0.2, 0.25) is 5.02 Å². The fraction of sp³-hybridized carbons (Fsp3) is 0.364. The third-order valence-electron chi connectivity index (χ3n) is 2.19. The van der Waals surface area contributed by atoms with Gasteiger partial charge in [0.2, 0.25) is 0 Å². The van der Waals surface area contributed by atoms with Crippen molar-refractivity contribution < 1.29 is 9.53 Å². The van der Waals surface area contributed by atoms with Crippen molar-refractivity contribution in [2.75, 3.05) is 7.11 Å². The zero-order valence-corrected chi connectivity index (χ0v) is 9.10. The summed E-state index contributed by atoms with van der Waals surface area (Å²) in [6.07, 6.45) is 2.14. The second-order valence-electron chi connectivity index (χ2n) is 3.10. The molecule has 1 aromatic rings. The van der Waals surface area contributed by atoms with Gasteiger partial charge in [-0.15, -0.1) is 0 Å². The van der Waals surface area contributed by atoms with Crippen molar-refractivity contribution in [3.05, 3.63) is 28.3 Å². The lowest BCUT2D eigenvalue weighted by atomic mass is 10.0. The van der Waals surface area contributed by atoms with Crippen molar-refractivity contribution in [1.82, 2.24) is 0 Å². The maximum atomic E-state index is 10.3. The molecule has 0 unspecified atom stereocenters. The van der Waals surface area contributed by atoms with Gasteiger partial charge >= 0.3 is 0 Å². The number of hydrogen-bond donors (Lipinski definition) is 0. The third-order valence-corrected chi connectivity index (χ3v) is 2.59. The van der Waals surface area contributed by atoms with Crippen LogP contribution in [-0.4, -0.2) is 13.4 Å². The number of benzene rings is 1. The highest BCUT2D eigenvalue weighted by Gasteiger charge is 2.05. The first-order chi connectivity index (χ1) is 6.69.